The summed E-state index contributed by atoms with van der Waals surface area (Å²) < 4.78 is 4.33. The van der Waals surface area contributed by atoms with Gasteiger partial charge in [0.1, 0.15) is 17.2 Å². The Balaban J connectivity index is 0.000000285. The Morgan fingerprint density at radius 2 is 1.58 bits per heavy atom. The van der Waals surface area contributed by atoms with Crippen LogP contribution in [0.15, 0.2) is 65.8 Å². The minimum absolute atomic E-state index is 0.0779. The monoisotopic (exact) mass is 426 g/mol. The molecule has 8 heteroatoms. The van der Waals surface area contributed by atoms with Crippen molar-refractivity contribution in [3.63, 3.8) is 0 Å². The quantitative estimate of drug-likeness (QED) is 0.250. The molecule has 2 aromatic rings. The van der Waals surface area contributed by atoms with Gasteiger partial charge in [0, 0.05) is 5.57 Å². The van der Waals surface area contributed by atoms with Crippen LogP contribution in [0.3, 0.4) is 0 Å². The lowest BCUT2D eigenvalue weighted by molar-refractivity contribution is 0.0943. The highest BCUT2D eigenvalue weighted by molar-refractivity contribution is 6.26. The normalized spacial score (nSPS) is 13.2. The largest absolute Gasteiger partial charge is 0.511 e. The predicted molar refractivity (Wildman–Crippen MR) is 112 cm³/mol. The third kappa shape index (κ3) is 6.03. The van der Waals surface area contributed by atoms with Crippen molar-refractivity contribution in [2.24, 2.45) is 0 Å². The van der Waals surface area contributed by atoms with E-state index in [1.54, 1.807) is 36.4 Å². The average Bonchev–Trinajstić information content (AvgIpc) is 2.71. The fraction of sp³-hybridized carbons (Fsp3) is 0.174. The first-order valence-electron chi connectivity index (χ1n) is 9.24. The zero-order valence-electron chi connectivity index (χ0n) is 16.9. The number of hydrogen-bond acceptors (Lipinski definition) is 7. The van der Waals surface area contributed by atoms with Crippen molar-refractivity contribution < 1.29 is 39.5 Å². The SMILES string of the molecule is CC(C)=CC[C@@H](O)C1=CC(=O)c2c(O)ccc(O)c2C1=O.O=C(O)Oc1ccccc1. The molecule has 8 nitrogen and oxygen atoms in total. The topological polar surface area (TPSA) is 141 Å². The summed E-state index contributed by atoms with van der Waals surface area (Å²) in [5.41, 5.74) is 0.419. The summed E-state index contributed by atoms with van der Waals surface area (Å²) >= 11 is 0. The fourth-order valence-corrected chi connectivity index (χ4v) is 2.79. The molecule has 1 aliphatic rings. The van der Waals surface area contributed by atoms with Crippen LogP contribution in [0.4, 0.5) is 4.79 Å². The number of carboxylic acid groups (broad SMARTS) is 1. The number of aromatic hydroxyl groups is 2. The van der Waals surface area contributed by atoms with E-state index < -0.39 is 23.8 Å². The van der Waals surface area contributed by atoms with E-state index in [0.717, 1.165) is 23.8 Å². The summed E-state index contributed by atoms with van der Waals surface area (Å²) in [4.78, 5) is 34.3. The van der Waals surface area contributed by atoms with E-state index in [9.17, 15) is 29.7 Å². The van der Waals surface area contributed by atoms with Crippen molar-refractivity contribution in [3.05, 3.63) is 76.9 Å². The second-order valence-electron chi connectivity index (χ2n) is 6.86. The maximum Gasteiger partial charge on any atom is 0.511 e. The van der Waals surface area contributed by atoms with Gasteiger partial charge in [-0.3, -0.25) is 9.59 Å². The Morgan fingerprint density at radius 1 is 1.00 bits per heavy atom. The summed E-state index contributed by atoms with van der Waals surface area (Å²) in [6.45, 7) is 3.71. The van der Waals surface area contributed by atoms with Crippen LogP contribution in [0.5, 0.6) is 17.2 Å². The Morgan fingerprint density at radius 3 is 2.13 bits per heavy atom. The summed E-state index contributed by atoms with van der Waals surface area (Å²) in [7, 11) is 0. The van der Waals surface area contributed by atoms with Gasteiger partial charge >= 0.3 is 6.16 Å². The molecule has 0 bridgehead atoms. The van der Waals surface area contributed by atoms with Crippen LogP contribution in [0.2, 0.25) is 0 Å². The van der Waals surface area contributed by atoms with Crippen molar-refractivity contribution in [2.45, 2.75) is 26.4 Å². The van der Waals surface area contributed by atoms with Gasteiger partial charge in [0.05, 0.1) is 17.2 Å². The molecule has 0 saturated heterocycles. The molecular weight excluding hydrogens is 404 g/mol. The zero-order valence-corrected chi connectivity index (χ0v) is 16.9. The standard InChI is InChI=1S/C16H16O5.C7H6O3/c1-8(2)3-4-10(17)9-7-13(20)14-11(18)5-6-12(19)15(14)16(9)21;8-7(9)10-6-4-2-1-3-5-6/h3,5-7,10,17-19H,4H2,1-2H3;1-5H,(H,8,9)/t10-;/m1./s1. The molecular formula is C23H22O8. The van der Waals surface area contributed by atoms with Crippen LogP contribution in [0, 0.1) is 0 Å². The number of hydrogen-bond donors (Lipinski definition) is 4. The number of fused-ring (bicyclic) bond motifs is 1. The molecule has 0 heterocycles. The number of aliphatic hydroxyl groups excluding tert-OH is 1. The van der Waals surface area contributed by atoms with Gasteiger partial charge in [-0.1, -0.05) is 29.8 Å². The average molecular weight is 426 g/mol. The van der Waals surface area contributed by atoms with E-state index in [4.69, 9.17) is 5.11 Å². The van der Waals surface area contributed by atoms with E-state index in [1.807, 2.05) is 13.8 Å². The Bertz CT molecular complexity index is 1050. The van der Waals surface area contributed by atoms with Crippen molar-refractivity contribution in [2.75, 3.05) is 0 Å². The molecule has 2 aromatic carbocycles. The number of phenols is 2. The second-order valence-corrected chi connectivity index (χ2v) is 6.86. The number of benzene rings is 2. The fourth-order valence-electron chi connectivity index (χ4n) is 2.79. The van der Waals surface area contributed by atoms with Crippen LogP contribution < -0.4 is 4.74 Å². The lowest BCUT2D eigenvalue weighted by atomic mass is 9.85. The molecule has 0 spiro atoms. The highest BCUT2D eigenvalue weighted by atomic mass is 16.7. The van der Waals surface area contributed by atoms with Crippen molar-refractivity contribution in [1.29, 1.82) is 0 Å². The number of Topliss-reactive ketones (excluding diaryl/α,β-unsaturated/α-hetero) is 1. The van der Waals surface area contributed by atoms with Crippen molar-refractivity contribution in [1.82, 2.24) is 0 Å². The number of carbonyl (C=O) groups is 3. The first-order chi connectivity index (χ1) is 14.6. The van der Waals surface area contributed by atoms with E-state index in [0.29, 0.717) is 5.75 Å². The number of ether oxygens (including phenoxy) is 1. The molecule has 1 aliphatic carbocycles. The Labute approximate surface area is 178 Å². The lowest BCUT2D eigenvalue weighted by Gasteiger charge is -2.20. The van der Waals surface area contributed by atoms with Crippen LogP contribution >= 0.6 is 0 Å². The maximum absolute atomic E-state index is 12.3. The van der Waals surface area contributed by atoms with Crippen LogP contribution in [-0.4, -0.2) is 44.3 Å². The molecule has 0 saturated carbocycles. The van der Waals surface area contributed by atoms with E-state index in [-0.39, 0.29) is 34.6 Å². The molecule has 0 aliphatic heterocycles. The van der Waals surface area contributed by atoms with Gasteiger partial charge in [-0.2, -0.15) is 0 Å². The van der Waals surface area contributed by atoms with Crippen molar-refractivity contribution in [3.8, 4) is 17.2 Å². The Hall–Kier alpha value is -3.91. The first kappa shape index (κ1) is 23.4. The molecule has 3 rings (SSSR count). The molecule has 0 fully saturated rings. The summed E-state index contributed by atoms with van der Waals surface area (Å²) in [5.74, 6) is -1.66. The number of carbonyl (C=O) groups excluding carboxylic acids is 2. The van der Waals surface area contributed by atoms with Gasteiger partial charge in [0.2, 0.25) is 0 Å². The molecule has 4 N–H and O–H groups in total. The van der Waals surface area contributed by atoms with Gasteiger partial charge in [-0.15, -0.1) is 0 Å². The number of aliphatic hydroxyl groups is 1. The second kappa shape index (κ2) is 10.2. The van der Waals surface area contributed by atoms with E-state index in [2.05, 4.69) is 4.74 Å². The number of ketones is 2. The summed E-state index contributed by atoms with van der Waals surface area (Å²) in [6, 6.07) is 10.6. The highest BCUT2D eigenvalue weighted by Gasteiger charge is 2.33. The van der Waals surface area contributed by atoms with Crippen LogP contribution in [-0.2, 0) is 0 Å². The number of allylic oxidation sites excluding steroid dienone is 2. The minimum Gasteiger partial charge on any atom is -0.507 e. The van der Waals surface area contributed by atoms with Gasteiger partial charge in [-0.05, 0) is 50.6 Å². The third-order valence-electron chi connectivity index (χ3n) is 4.24. The number of rotatable bonds is 4. The lowest BCUT2D eigenvalue weighted by Crippen LogP contribution is -2.25. The summed E-state index contributed by atoms with van der Waals surface area (Å²) in [6.07, 6.45) is 0.550. The third-order valence-corrected chi connectivity index (χ3v) is 4.24. The maximum atomic E-state index is 12.3. The molecule has 0 radical (unpaired) electrons. The molecule has 1 atom stereocenters. The van der Waals surface area contributed by atoms with E-state index in [1.165, 1.54) is 0 Å². The minimum atomic E-state index is -1.29. The highest BCUT2D eigenvalue weighted by Crippen LogP contribution is 2.35. The molecule has 0 unspecified atom stereocenters. The zero-order chi connectivity index (χ0) is 23.1. The number of phenolic OH excluding ortho intramolecular Hbond substituents is 2. The van der Waals surface area contributed by atoms with Gasteiger partial charge < -0.3 is 25.2 Å². The smallest absolute Gasteiger partial charge is 0.507 e. The van der Waals surface area contributed by atoms with Crippen LogP contribution in [0.1, 0.15) is 41.0 Å². The number of para-hydroxylation sites is 1. The summed E-state index contributed by atoms with van der Waals surface area (Å²) in [5, 5.41) is 37.7. The molecule has 162 valence electrons. The molecule has 0 aromatic heterocycles. The first-order valence-corrected chi connectivity index (χ1v) is 9.24. The van der Waals surface area contributed by atoms with Crippen molar-refractivity contribution >= 4 is 17.7 Å². The van der Waals surface area contributed by atoms with Gasteiger partial charge in [-0.25, -0.2) is 4.79 Å². The Kier molecular flexibility index (Phi) is 7.70. The van der Waals surface area contributed by atoms with Crippen LogP contribution in [0.25, 0.3) is 0 Å². The van der Waals surface area contributed by atoms with Gasteiger partial charge in [0.15, 0.2) is 11.6 Å². The molecule has 31 heavy (non-hydrogen) atoms. The molecule has 0 amide bonds. The van der Waals surface area contributed by atoms with E-state index >= 15 is 0 Å². The van der Waals surface area contributed by atoms with Gasteiger partial charge in [0.25, 0.3) is 0 Å². The predicted octanol–water partition coefficient (Wildman–Crippen LogP) is 3.86.